The number of rotatable bonds is 2. The summed E-state index contributed by atoms with van der Waals surface area (Å²) in [6, 6.07) is 0.547. The van der Waals surface area contributed by atoms with Crippen molar-refractivity contribution < 1.29 is 4.79 Å². The van der Waals surface area contributed by atoms with Gasteiger partial charge < -0.3 is 10.2 Å². The molecule has 0 spiro atoms. The zero-order valence-corrected chi connectivity index (χ0v) is 13.7. The number of piperidine rings is 1. The highest BCUT2D eigenvalue weighted by molar-refractivity contribution is 5.79. The maximum atomic E-state index is 12.9. The molecule has 4 nitrogen and oxygen atoms in total. The van der Waals surface area contributed by atoms with Crippen LogP contribution < -0.4 is 5.32 Å². The van der Waals surface area contributed by atoms with Crippen LogP contribution >= 0.6 is 0 Å². The average molecular weight is 293 g/mol. The predicted octanol–water partition coefficient (Wildman–Crippen LogP) is 1.85. The molecule has 0 aromatic carbocycles. The lowest BCUT2D eigenvalue weighted by molar-refractivity contribution is -0.140. The molecule has 120 valence electrons. The summed E-state index contributed by atoms with van der Waals surface area (Å²) in [6.45, 7) is 9.05. The van der Waals surface area contributed by atoms with Crippen LogP contribution in [-0.2, 0) is 4.79 Å². The van der Waals surface area contributed by atoms with Crippen LogP contribution in [0, 0.1) is 5.92 Å². The summed E-state index contributed by atoms with van der Waals surface area (Å²) in [4.78, 5) is 17.5. The van der Waals surface area contributed by atoms with Gasteiger partial charge in [-0.3, -0.25) is 9.69 Å². The number of carbonyl (C=O) groups is 1. The second-order valence-corrected chi connectivity index (χ2v) is 7.75. The minimum absolute atomic E-state index is 0.0929. The third kappa shape index (κ3) is 3.26. The van der Waals surface area contributed by atoms with E-state index in [1.54, 1.807) is 0 Å². The molecule has 3 fully saturated rings. The van der Waals surface area contributed by atoms with Gasteiger partial charge in [-0.25, -0.2) is 0 Å². The molecule has 2 saturated heterocycles. The van der Waals surface area contributed by atoms with Crippen molar-refractivity contribution in [3.05, 3.63) is 0 Å². The third-order valence-corrected chi connectivity index (χ3v) is 5.86. The van der Waals surface area contributed by atoms with Gasteiger partial charge in [0.15, 0.2) is 0 Å². The van der Waals surface area contributed by atoms with Crippen LogP contribution in [0.25, 0.3) is 0 Å². The highest BCUT2D eigenvalue weighted by Gasteiger charge is 2.38. The fraction of sp³-hybridized carbons (Fsp3) is 0.941. The Bertz CT molecular complexity index is 380. The van der Waals surface area contributed by atoms with Crippen molar-refractivity contribution >= 4 is 5.91 Å². The molecule has 1 saturated carbocycles. The number of carbonyl (C=O) groups excluding carboxylic acids is 1. The molecule has 3 aliphatic rings. The lowest BCUT2D eigenvalue weighted by Gasteiger charge is -2.47. The number of likely N-dealkylation sites (tertiary alicyclic amines) is 1. The van der Waals surface area contributed by atoms with E-state index in [9.17, 15) is 4.79 Å². The van der Waals surface area contributed by atoms with Crippen LogP contribution in [0.5, 0.6) is 0 Å². The zero-order chi connectivity index (χ0) is 14.9. The first-order chi connectivity index (χ1) is 10.1. The highest BCUT2D eigenvalue weighted by atomic mass is 16.2. The van der Waals surface area contributed by atoms with Gasteiger partial charge in [0.1, 0.15) is 0 Å². The van der Waals surface area contributed by atoms with Crippen molar-refractivity contribution in [1.29, 1.82) is 0 Å². The van der Waals surface area contributed by atoms with Crippen molar-refractivity contribution in [3.8, 4) is 0 Å². The predicted molar refractivity (Wildman–Crippen MR) is 85.2 cm³/mol. The fourth-order valence-corrected chi connectivity index (χ4v) is 4.50. The largest absolute Gasteiger partial charge is 0.338 e. The lowest BCUT2D eigenvalue weighted by Crippen LogP contribution is -2.61. The Hall–Kier alpha value is -0.610. The van der Waals surface area contributed by atoms with Crippen LogP contribution in [0.3, 0.4) is 0 Å². The molecule has 3 rings (SSSR count). The van der Waals surface area contributed by atoms with E-state index in [0.29, 0.717) is 18.5 Å². The molecule has 0 radical (unpaired) electrons. The smallest absolute Gasteiger partial charge is 0.237 e. The molecular formula is C17H31N3O. The highest BCUT2D eigenvalue weighted by Crippen LogP contribution is 2.35. The van der Waals surface area contributed by atoms with E-state index >= 15 is 0 Å². The monoisotopic (exact) mass is 293 g/mol. The van der Waals surface area contributed by atoms with Gasteiger partial charge in [0.2, 0.25) is 5.91 Å². The van der Waals surface area contributed by atoms with Gasteiger partial charge in [0.25, 0.3) is 0 Å². The maximum absolute atomic E-state index is 12.9. The van der Waals surface area contributed by atoms with Crippen molar-refractivity contribution in [1.82, 2.24) is 15.1 Å². The summed E-state index contributed by atoms with van der Waals surface area (Å²) < 4.78 is 0. The standard InChI is InChI=1S/C17H31N3O/c1-17(2)13-18-9-11-19(17)12-16(21)20-10-5-7-14-6-3-4-8-15(14)20/h14-15,18H,3-13H2,1-2H3. The minimum Gasteiger partial charge on any atom is -0.338 e. The summed E-state index contributed by atoms with van der Waals surface area (Å²) in [5.41, 5.74) is 0.0929. The van der Waals surface area contributed by atoms with Crippen LogP contribution in [0.1, 0.15) is 52.4 Å². The van der Waals surface area contributed by atoms with Gasteiger partial charge in [-0.05, 0) is 45.4 Å². The molecule has 2 heterocycles. The normalized spacial score (nSPS) is 33.5. The van der Waals surface area contributed by atoms with Gasteiger partial charge >= 0.3 is 0 Å². The SMILES string of the molecule is CC1(C)CNCCN1CC(=O)N1CCCC2CCCCC21. The second-order valence-electron chi connectivity index (χ2n) is 7.75. The molecule has 2 atom stereocenters. The Morgan fingerprint density at radius 3 is 2.71 bits per heavy atom. The Morgan fingerprint density at radius 1 is 1.14 bits per heavy atom. The number of hydrogen-bond donors (Lipinski definition) is 1. The van der Waals surface area contributed by atoms with E-state index in [0.717, 1.165) is 32.1 Å². The molecule has 2 aliphatic heterocycles. The van der Waals surface area contributed by atoms with Crippen molar-refractivity contribution in [2.24, 2.45) is 5.92 Å². The Balaban J connectivity index is 1.63. The van der Waals surface area contributed by atoms with E-state index in [1.807, 2.05) is 0 Å². The quantitative estimate of drug-likeness (QED) is 0.844. The van der Waals surface area contributed by atoms with Gasteiger partial charge in [0.05, 0.1) is 6.54 Å². The van der Waals surface area contributed by atoms with E-state index in [4.69, 9.17) is 0 Å². The fourth-order valence-electron chi connectivity index (χ4n) is 4.50. The first-order valence-electron chi connectivity index (χ1n) is 8.83. The van der Waals surface area contributed by atoms with Gasteiger partial charge in [-0.2, -0.15) is 0 Å². The molecule has 1 amide bonds. The Labute approximate surface area is 129 Å². The zero-order valence-electron chi connectivity index (χ0n) is 13.7. The summed E-state index contributed by atoms with van der Waals surface area (Å²) >= 11 is 0. The first-order valence-corrected chi connectivity index (χ1v) is 8.83. The summed E-state index contributed by atoms with van der Waals surface area (Å²) in [7, 11) is 0. The van der Waals surface area contributed by atoms with Crippen LogP contribution in [0.2, 0.25) is 0 Å². The van der Waals surface area contributed by atoms with Crippen molar-refractivity contribution in [3.63, 3.8) is 0 Å². The molecule has 0 aromatic rings. The van der Waals surface area contributed by atoms with Crippen LogP contribution in [-0.4, -0.2) is 60.0 Å². The number of hydrogen-bond acceptors (Lipinski definition) is 3. The number of piperazine rings is 1. The lowest BCUT2D eigenvalue weighted by atomic mass is 9.78. The van der Waals surface area contributed by atoms with Crippen molar-refractivity contribution in [2.45, 2.75) is 64.0 Å². The number of amides is 1. The van der Waals surface area contributed by atoms with Crippen LogP contribution in [0.15, 0.2) is 0 Å². The summed E-state index contributed by atoms with van der Waals surface area (Å²) in [6.07, 6.45) is 7.80. The third-order valence-electron chi connectivity index (χ3n) is 5.86. The first kappa shape index (κ1) is 15.3. The maximum Gasteiger partial charge on any atom is 0.237 e. The average Bonchev–Trinajstić information content (AvgIpc) is 2.48. The molecule has 2 unspecified atom stereocenters. The van der Waals surface area contributed by atoms with Gasteiger partial charge in [-0.15, -0.1) is 0 Å². The van der Waals surface area contributed by atoms with Crippen LogP contribution in [0.4, 0.5) is 0 Å². The van der Waals surface area contributed by atoms with Gasteiger partial charge in [-0.1, -0.05) is 12.8 Å². The molecule has 0 aromatic heterocycles. The van der Waals surface area contributed by atoms with E-state index in [2.05, 4.69) is 29.0 Å². The van der Waals surface area contributed by atoms with Gasteiger partial charge in [0, 0.05) is 37.8 Å². The molecule has 21 heavy (non-hydrogen) atoms. The summed E-state index contributed by atoms with van der Waals surface area (Å²) in [5.74, 6) is 1.16. The van der Waals surface area contributed by atoms with Crippen molar-refractivity contribution in [2.75, 3.05) is 32.7 Å². The molecule has 4 heteroatoms. The molecule has 0 bridgehead atoms. The topological polar surface area (TPSA) is 35.6 Å². The number of nitrogens with one attached hydrogen (secondary N) is 1. The van der Waals surface area contributed by atoms with E-state index in [-0.39, 0.29) is 5.54 Å². The Morgan fingerprint density at radius 2 is 1.90 bits per heavy atom. The number of nitrogens with zero attached hydrogens (tertiary/aromatic N) is 2. The summed E-state index contributed by atoms with van der Waals surface area (Å²) in [5, 5.41) is 3.44. The molecule has 1 N–H and O–H groups in total. The molecule has 1 aliphatic carbocycles. The Kier molecular flexibility index (Phi) is 4.55. The van der Waals surface area contributed by atoms with E-state index < -0.39 is 0 Å². The number of fused-ring (bicyclic) bond motifs is 1. The van der Waals surface area contributed by atoms with E-state index in [1.165, 1.54) is 38.5 Å². The molecular weight excluding hydrogens is 262 g/mol. The second kappa shape index (κ2) is 6.25. The minimum atomic E-state index is 0.0929.